The molecule has 0 spiro atoms. The first-order valence-corrected chi connectivity index (χ1v) is 7.83. The van der Waals surface area contributed by atoms with Crippen LogP contribution in [0.3, 0.4) is 0 Å². The monoisotopic (exact) mass is 319 g/mol. The molecule has 6 heteroatoms. The molecule has 1 unspecified atom stereocenters. The highest BCUT2D eigenvalue weighted by atomic mass is 35.5. The van der Waals surface area contributed by atoms with Gasteiger partial charge in [-0.15, -0.1) is 0 Å². The predicted octanol–water partition coefficient (Wildman–Crippen LogP) is 2.59. The molecule has 2 aliphatic rings. The number of urea groups is 1. The number of rotatable bonds is 4. The Morgan fingerprint density at radius 1 is 1.27 bits per heavy atom. The summed E-state index contributed by atoms with van der Waals surface area (Å²) < 4.78 is 0. The highest BCUT2D eigenvalue weighted by molar-refractivity contribution is 6.30. The van der Waals surface area contributed by atoms with Crippen molar-refractivity contribution < 1.29 is 9.59 Å². The van der Waals surface area contributed by atoms with Crippen molar-refractivity contribution in [1.82, 2.24) is 15.5 Å². The van der Waals surface area contributed by atoms with E-state index in [9.17, 15) is 9.59 Å². The second-order valence-corrected chi connectivity index (χ2v) is 5.99. The maximum Gasteiger partial charge on any atom is 0.319 e. The van der Waals surface area contributed by atoms with Crippen molar-refractivity contribution in [2.75, 3.05) is 13.1 Å². The van der Waals surface area contributed by atoms with Crippen LogP contribution in [-0.4, -0.2) is 29.9 Å². The largest absolute Gasteiger partial charge is 0.333 e. The van der Waals surface area contributed by atoms with Gasteiger partial charge in [0.05, 0.1) is 23.9 Å². The molecule has 0 radical (unpaired) electrons. The molecule has 3 rings (SSSR count). The number of carbonyl (C=O) groups is 2. The van der Waals surface area contributed by atoms with E-state index in [2.05, 4.69) is 17.6 Å². The molecule has 0 bridgehead atoms. The first kappa shape index (κ1) is 14.9. The van der Waals surface area contributed by atoms with Gasteiger partial charge in [0.25, 0.3) is 5.91 Å². The average molecular weight is 320 g/mol. The number of hydrogen-bond donors (Lipinski definition) is 2. The number of amides is 3. The van der Waals surface area contributed by atoms with Crippen molar-refractivity contribution in [2.45, 2.75) is 25.8 Å². The molecule has 0 saturated carbocycles. The molecule has 1 aromatic carbocycles. The minimum atomic E-state index is -0.417. The number of nitrogens with one attached hydrogen (secondary N) is 2. The maximum atomic E-state index is 12.7. The van der Waals surface area contributed by atoms with Gasteiger partial charge in [-0.1, -0.05) is 37.1 Å². The fraction of sp³-hybridized carbons (Fsp3) is 0.375. The van der Waals surface area contributed by atoms with Gasteiger partial charge in [0.15, 0.2) is 0 Å². The SMILES string of the molecule is CCCCN1CC2=C(C1=O)C(c1ccc(Cl)cc1)NC(=O)N2. The van der Waals surface area contributed by atoms with Crippen molar-refractivity contribution >= 4 is 23.5 Å². The summed E-state index contributed by atoms with van der Waals surface area (Å²) in [7, 11) is 0. The van der Waals surface area contributed by atoms with E-state index in [-0.39, 0.29) is 11.9 Å². The minimum Gasteiger partial charge on any atom is -0.333 e. The van der Waals surface area contributed by atoms with Gasteiger partial charge in [-0.3, -0.25) is 4.79 Å². The fourth-order valence-corrected chi connectivity index (χ4v) is 2.99. The van der Waals surface area contributed by atoms with Gasteiger partial charge < -0.3 is 15.5 Å². The number of unbranched alkanes of at least 4 members (excludes halogenated alkanes) is 1. The molecule has 1 atom stereocenters. The van der Waals surface area contributed by atoms with E-state index in [0.29, 0.717) is 29.4 Å². The zero-order chi connectivity index (χ0) is 15.7. The van der Waals surface area contributed by atoms with Gasteiger partial charge in [0.2, 0.25) is 0 Å². The highest BCUT2D eigenvalue weighted by Gasteiger charge is 2.39. The highest BCUT2D eigenvalue weighted by Crippen LogP contribution is 2.32. The third kappa shape index (κ3) is 2.68. The van der Waals surface area contributed by atoms with Crippen LogP contribution in [-0.2, 0) is 4.79 Å². The average Bonchev–Trinajstić information content (AvgIpc) is 2.81. The van der Waals surface area contributed by atoms with Crippen LogP contribution in [0.25, 0.3) is 0 Å². The lowest BCUT2D eigenvalue weighted by molar-refractivity contribution is -0.125. The Kier molecular flexibility index (Phi) is 4.07. The van der Waals surface area contributed by atoms with Crippen molar-refractivity contribution in [3.63, 3.8) is 0 Å². The first-order chi connectivity index (χ1) is 10.6. The smallest absolute Gasteiger partial charge is 0.319 e. The van der Waals surface area contributed by atoms with E-state index < -0.39 is 6.04 Å². The van der Waals surface area contributed by atoms with Crippen LogP contribution in [0.1, 0.15) is 31.4 Å². The van der Waals surface area contributed by atoms with Gasteiger partial charge >= 0.3 is 6.03 Å². The normalized spacial score (nSPS) is 20.8. The standard InChI is InChI=1S/C16H18ClN3O2/c1-2-3-8-20-9-12-13(15(20)21)14(19-16(22)18-12)10-4-6-11(17)7-5-10/h4-7,14H,2-3,8-9H2,1H3,(H2,18,19,22). The van der Waals surface area contributed by atoms with Crippen LogP contribution >= 0.6 is 11.6 Å². The van der Waals surface area contributed by atoms with E-state index >= 15 is 0 Å². The molecular weight excluding hydrogens is 302 g/mol. The fourth-order valence-electron chi connectivity index (χ4n) is 2.86. The Bertz CT molecular complexity index is 639. The lowest BCUT2D eigenvalue weighted by Crippen LogP contribution is -2.44. The van der Waals surface area contributed by atoms with Crippen LogP contribution < -0.4 is 10.6 Å². The minimum absolute atomic E-state index is 0.00380. The summed E-state index contributed by atoms with van der Waals surface area (Å²) >= 11 is 5.91. The lowest BCUT2D eigenvalue weighted by Gasteiger charge is -2.25. The Morgan fingerprint density at radius 2 is 2.00 bits per heavy atom. The molecule has 116 valence electrons. The molecule has 5 nitrogen and oxygen atoms in total. The van der Waals surface area contributed by atoms with E-state index in [0.717, 1.165) is 18.4 Å². The van der Waals surface area contributed by atoms with E-state index in [1.807, 2.05) is 12.1 Å². The summed E-state index contributed by atoms with van der Waals surface area (Å²) in [6.45, 7) is 3.28. The molecule has 1 aromatic rings. The Hall–Kier alpha value is -2.01. The third-order valence-electron chi connectivity index (χ3n) is 4.01. The Morgan fingerprint density at radius 3 is 2.68 bits per heavy atom. The quantitative estimate of drug-likeness (QED) is 0.896. The molecule has 0 aromatic heterocycles. The molecule has 2 aliphatic heterocycles. The van der Waals surface area contributed by atoms with Crippen LogP contribution in [0.2, 0.25) is 5.02 Å². The second kappa shape index (κ2) is 6.01. The van der Waals surface area contributed by atoms with Crippen LogP contribution in [0.4, 0.5) is 4.79 Å². The van der Waals surface area contributed by atoms with Gasteiger partial charge in [-0.05, 0) is 24.1 Å². The summed E-state index contributed by atoms with van der Waals surface area (Å²) in [5.41, 5.74) is 2.21. The third-order valence-corrected chi connectivity index (χ3v) is 4.26. The lowest BCUT2D eigenvalue weighted by atomic mass is 9.96. The van der Waals surface area contributed by atoms with Crippen LogP contribution in [0.5, 0.6) is 0 Å². The number of halogens is 1. The van der Waals surface area contributed by atoms with Crippen molar-refractivity contribution in [1.29, 1.82) is 0 Å². The number of benzene rings is 1. The zero-order valence-corrected chi connectivity index (χ0v) is 13.1. The zero-order valence-electron chi connectivity index (χ0n) is 12.4. The summed E-state index contributed by atoms with van der Waals surface area (Å²) in [5, 5.41) is 6.22. The molecule has 0 saturated heterocycles. The first-order valence-electron chi connectivity index (χ1n) is 7.45. The molecule has 3 amide bonds. The van der Waals surface area contributed by atoms with Gasteiger partial charge in [0, 0.05) is 11.6 Å². The topological polar surface area (TPSA) is 61.4 Å². The number of carbonyl (C=O) groups excluding carboxylic acids is 2. The Balaban J connectivity index is 1.90. The van der Waals surface area contributed by atoms with E-state index in [4.69, 9.17) is 11.6 Å². The van der Waals surface area contributed by atoms with Crippen molar-refractivity contribution in [3.05, 3.63) is 46.1 Å². The summed E-state index contributed by atoms with van der Waals surface area (Å²) in [5.74, 6) is -0.00380. The summed E-state index contributed by atoms with van der Waals surface area (Å²) in [6.07, 6.45) is 1.99. The van der Waals surface area contributed by atoms with Gasteiger partial charge in [-0.2, -0.15) is 0 Å². The number of nitrogens with zero attached hydrogens (tertiary/aromatic N) is 1. The number of hydrogen-bond acceptors (Lipinski definition) is 2. The van der Waals surface area contributed by atoms with Crippen LogP contribution in [0.15, 0.2) is 35.5 Å². The molecule has 22 heavy (non-hydrogen) atoms. The van der Waals surface area contributed by atoms with Gasteiger partial charge in [-0.25, -0.2) is 4.79 Å². The maximum absolute atomic E-state index is 12.7. The predicted molar refractivity (Wildman–Crippen MR) is 84.4 cm³/mol. The summed E-state index contributed by atoms with van der Waals surface area (Å²) in [4.78, 5) is 26.3. The summed E-state index contributed by atoms with van der Waals surface area (Å²) in [6, 6.07) is 6.51. The van der Waals surface area contributed by atoms with Gasteiger partial charge in [0.1, 0.15) is 0 Å². The molecule has 2 heterocycles. The van der Waals surface area contributed by atoms with E-state index in [1.165, 1.54) is 0 Å². The molecular formula is C16H18ClN3O2. The van der Waals surface area contributed by atoms with Crippen LogP contribution in [0, 0.1) is 0 Å². The Labute approximate surface area is 134 Å². The van der Waals surface area contributed by atoms with E-state index in [1.54, 1.807) is 17.0 Å². The molecule has 0 aliphatic carbocycles. The second-order valence-electron chi connectivity index (χ2n) is 5.56. The van der Waals surface area contributed by atoms with Crippen molar-refractivity contribution in [2.24, 2.45) is 0 Å². The molecule has 0 fully saturated rings. The van der Waals surface area contributed by atoms with Crippen molar-refractivity contribution in [3.8, 4) is 0 Å². The molecule has 2 N–H and O–H groups in total.